The molecule has 106 valence electrons. The van der Waals surface area contributed by atoms with Gasteiger partial charge in [-0.3, -0.25) is 0 Å². The predicted octanol–water partition coefficient (Wildman–Crippen LogP) is 2.57. The van der Waals surface area contributed by atoms with Gasteiger partial charge in [-0.25, -0.2) is 0 Å². The molecule has 2 rings (SSSR count). The average Bonchev–Trinajstić information content (AvgIpc) is 2.32. The Morgan fingerprint density at radius 2 is 1.95 bits per heavy atom. The first-order valence-electron chi connectivity index (χ1n) is 6.80. The molecule has 3 nitrogen and oxygen atoms in total. The van der Waals surface area contributed by atoms with Crippen LogP contribution in [0.1, 0.15) is 13.8 Å². The van der Waals surface area contributed by atoms with E-state index in [4.69, 9.17) is 0 Å². The second-order valence-electron chi connectivity index (χ2n) is 6.24. The zero-order chi connectivity index (χ0) is 14.0. The van der Waals surface area contributed by atoms with Crippen molar-refractivity contribution in [2.45, 2.75) is 25.4 Å². The highest BCUT2D eigenvalue weighted by molar-refractivity contribution is 9.10. The van der Waals surface area contributed by atoms with Gasteiger partial charge < -0.3 is 15.1 Å². The van der Waals surface area contributed by atoms with Gasteiger partial charge in [-0.15, -0.1) is 0 Å². The Kier molecular flexibility index (Phi) is 4.54. The molecule has 1 aliphatic rings. The van der Waals surface area contributed by atoms with Crippen LogP contribution in [0.15, 0.2) is 28.7 Å². The monoisotopic (exact) mass is 325 g/mol. The number of likely N-dealkylation sites (N-methyl/N-ethyl adjacent to an activating group) is 1. The summed E-state index contributed by atoms with van der Waals surface area (Å²) >= 11 is 3.51. The van der Waals surface area contributed by atoms with Gasteiger partial charge >= 0.3 is 0 Å². The summed E-state index contributed by atoms with van der Waals surface area (Å²) in [7, 11) is 4.26. The molecule has 1 aromatic rings. The van der Waals surface area contributed by atoms with Gasteiger partial charge in [0.15, 0.2) is 0 Å². The second-order valence-corrected chi connectivity index (χ2v) is 7.16. The maximum Gasteiger partial charge on any atom is 0.0471 e. The van der Waals surface area contributed by atoms with Crippen LogP contribution in [0.25, 0.3) is 0 Å². The van der Waals surface area contributed by atoms with Crippen LogP contribution in [0.3, 0.4) is 0 Å². The fourth-order valence-corrected chi connectivity index (χ4v) is 2.92. The van der Waals surface area contributed by atoms with Crippen LogP contribution >= 0.6 is 15.9 Å². The number of benzene rings is 1. The largest absolute Gasteiger partial charge is 0.364 e. The molecule has 0 radical (unpaired) electrons. The molecular formula is C15H24BrN3. The number of nitrogens with one attached hydrogen (secondary N) is 1. The van der Waals surface area contributed by atoms with Crippen LogP contribution in [0, 0.1) is 0 Å². The molecule has 0 bridgehead atoms. The van der Waals surface area contributed by atoms with Gasteiger partial charge in [0.25, 0.3) is 0 Å². The van der Waals surface area contributed by atoms with E-state index in [1.165, 1.54) is 5.69 Å². The average molecular weight is 326 g/mol. The lowest BCUT2D eigenvalue weighted by atomic mass is 9.96. The maximum atomic E-state index is 3.66. The standard InChI is InChI=1S/C15H24BrN3/c1-15(2)11-17-13(9-18(3)4)10-19(15)14-7-5-12(16)6-8-14/h5-8,13,17H,9-11H2,1-4H3. The van der Waals surface area contributed by atoms with Crippen molar-refractivity contribution < 1.29 is 0 Å². The van der Waals surface area contributed by atoms with E-state index in [0.29, 0.717) is 6.04 Å². The Morgan fingerprint density at radius 1 is 1.32 bits per heavy atom. The zero-order valence-electron chi connectivity index (χ0n) is 12.3. The molecule has 1 saturated heterocycles. The van der Waals surface area contributed by atoms with Gasteiger partial charge in [0, 0.05) is 41.4 Å². The van der Waals surface area contributed by atoms with Crippen molar-refractivity contribution in [3.8, 4) is 0 Å². The molecule has 1 N–H and O–H groups in total. The van der Waals surface area contributed by atoms with Crippen LogP contribution in [-0.4, -0.2) is 50.2 Å². The van der Waals surface area contributed by atoms with E-state index >= 15 is 0 Å². The van der Waals surface area contributed by atoms with Crippen LogP contribution < -0.4 is 10.2 Å². The summed E-state index contributed by atoms with van der Waals surface area (Å²) in [5.74, 6) is 0. The quantitative estimate of drug-likeness (QED) is 0.921. The molecular weight excluding hydrogens is 302 g/mol. The van der Waals surface area contributed by atoms with E-state index in [1.807, 2.05) is 0 Å². The molecule has 1 aliphatic heterocycles. The van der Waals surface area contributed by atoms with Crippen molar-refractivity contribution >= 4 is 21.6 Å². The Morgan fingerprint density at radius 3 is 2.53 bits per heavy atom. The van der Waals surface area contributed by atoms with Crippen molar-refractivity contribution in [2.75, 3.05) is 38.6 Å². The third-order valence-electron chi connectivity index (χ3n) is 3.68. The molecule has 19 heavy (non-hydrogen) atoms. The predicted molar refractivity (Wildman–Crippen MR) is 85.9 cm³/mol. The fourth-order valence-electron chi connectivity index (χ4n) is 2.66. The Hall–Kier alpha value is -0.580. The summed E-state index contributed by atoms with van der Waals surface area (Å²) in [4.78, 5) is 4.76. The van der Waals surface area contributed by atoms with Crippen LogP contribution in [0.2, 0.25) is 0 Å². The number of anilines is 1. The highest BCUT2D eigenvalue weighted by atomic mass is 79.9. The summed E-state index contributed by atoms with van der Waals surface area (Å²) in [6.45, 7) is 7.74. The lowest BCUT2D eigenvalue weighted by molar-refractivity contribution is 0.270. The number of hydrogen-bond acceptors (Lipinski definition) is 3. The summed E-state index contributed by atoms with van der Waals surface area (Å²) in [5.41, 5.74) is 1.45. The van der Waals surface area contributed by atoms with Gasteiger partial charge in [-0.1, -0.05) is 15.9 Å². The molecule has 1 heterocycles. The summed E-state index contributed by atoms with van der Waals surface area (Å²) < 4.78 is 1.13. The third kappa shape index (κ3) is 3.71. The molecule has 0 aromatic heterocycles. The van der Waals surface area contributed by atoms with Crippen molar-refractivity contribution in [3.63, 3.8) is 0 Å². The zero-order valence-corrected chi connectivity index (χ0v) is 13.9. The first kappa shape index (κ1) is 14.8. The number of rotatable bonds is 3. The summed E-state index contributed by atoms with van der Waals surface area (Å²) in [5, 5.41) is 3.66. The molecule has 0 aliphatic carbocycles. The minimum absolute atomic E-state index is 0.149. The highest BCUT2D eigenvalue weighted by Crippen LogP contribution is 2.28. The van der Waals surface area contributed by atoms with Gasteiger partial charge in [0.1, 0.15) is 0 Å². The minimum Gasteiger partial charge on any atom is -0.364 e. The lowest BCUT2D eigenvalue weighted by Gasteiger charge is -2.48. The van der Waals surface area contributed by atoms with Gasteiger partial charge in [0.2, 0.25) is 0 Å². The molecule has 4 heteroatoms. The first-order valence-corrected chi connectivity index (χ1v) is 7.59. The van der Waals surface area contributed by atoms with Gasteiger partial charge in [-0.2, -0.15) is 0 Å². The van der Waals surface area contributed by atoms with Crippen molar-refractivity contribution in [1.82, 2.24) is 10.2 Å². The molecule has 0 amide bonds. The summed E-state index contributed by atoms with van der Waals surface area (Å²) in [6, 6.07) is 9.16. The van der Waals surface area contributed by atoms with E-state index in [-0.39, 0.29) is 5.54 Å². The van der Waals surface area contributed by atoms with Gasteiger partial charge in [-0.05, 0) is 52.2 Å². The SMILES string of the molecule is CN(C)CC1CN(c2ccc(Br)cc2)C(C)(C)CN1. The van der Waals surface area contributed by atoms with Crippen molar-refractivity contribution in [3.05, 3.63) is 28.7 Å². The van der Waals surface area contributed by atoms with Gasteiger partial charge in [0.05, 0.1) is 0 Å². The minimum atomic E-state index is 0.149. The topological polar surface area (TPSA) is 18.5 Å². The molecule has 0 saturated carbocycles. The van der Waals surface area contributed by atoms with Crippen molar-refractivity contribution in [1.29, 1.82) is 0 Å². The van der Waals surface area contributed by atoms with Crippen LogP contribution in [0.5, 0.6) is 0 Å². The molecule has 1 aromatic carbocycles. The highest BCUT2D eigenvalue weighted by Gasteiger charge is 2.34. The van der Waals surface area contributed by atoms with E-state index in [2.05, 4.69) is 83.3 Å². The third-order valence-corrected chi connectivity index (χ3v) is 4.21. The second kappa shape index (κ2) is 5.81. The Labute approximate surface area is 125 Å². The molecule has 1 fully saturated rings. The van der Waals surface area contributed by atoms with Crippen molar-refractivity contribution in [2.24, 2.45) is 0 Å². The van der Waals surface area contributed by atoms with E-state index in [1.54, 1.807) is 0 Å². The van der Waals surface area contributed by atoms with Crippen LogP contribution in [0.4, 0.5) is 5.69 Å². The lowest BCUT2D eigenvalue weighted by Crippen LogP contribution is -2.64. The number of piperazine rings is 1. The van der Waals surface area contributed by atoms with Crippen LogP contribution in [-0.2, 0) is 0 Å². The molecule has 1 atom stereocenters. The van der Waals surface area contributed by atoms with E-state index in [9.17, 15) is 0 Å². The summed E-state index contributed by atoms with van der Waals surface area (Å²) in [6.07, 6.45) is 0. The fraction of sp³-hybridized carbons (Fsp3) is 0.600. The first-order chi connectivity index (χ1) is 8.88. The van der Waals surface area contributed by atoms with E-state index in [0.717, 1.165) is 24.1 Å². The Bertz CT molecular complexity index is 414. The number of halogens is 1. The molecule has 1 unspecified atom stereocenters. The smallest absolute Gasteiger partial charge is 0.0471 e. The van der Waals surface area contributed by atoms with E-state index < -0.39 is 0 Å². The maximum absolute atomic E-state index is 3.66. The normalized spacial score (nSPS) is 22.8. The number of hydrogen-bond donors (Lipinski definition) is 1. The Balaban J connectivity index is 2.16. The number of nitrogens with zero attached hydrogens (tertiary/aromatic N) is 2. The molecule has 0 spiro atoms.